The van der Waals surface area contributed by atoms with Gasteiger partial charge in [0.05, 0.1) is 19.8 Å². The highest BCUT2D eigenvalue weighted by Gasteiger charge is 2.34. The number of amides is 1. The fourth-order valence-corrected chi connectivity index (χ4v) is 4.45. The molecule has 2 atom stereocenters. The first-order chi connectivity index (χ1) is 12.9. The number of hydrogen-bond donors (Lipinski definition) is 1. The molecular weight excluding hydrogens is 342 g/mol. The molecule has 0 spiro atoms. The number of hydrogen-bond acceptors (Lipinski definition) is 4. The lowest BCUT2D eigenvalue weighted by molar-refractivity contribution is -0.135. The minimum atomic E-state index is 0.229. The number of likely N-dealkylation sites (tertiary alicyclic amines) is 1. The van der Waals surface area contributed by atoms with Crippen molar-refractivity contribution >= 4 is 11.9 Å². The third-order valence-electron chi connectivity index (χ3n) is 6.04. The molecule has 0 aromatic heterocycles. The first-order valence-corrected chi connectivity index (χ1v) is 10.4. The molecule has 3 rings (SSSR count). The van der Waals surface area contributed by atoms with Crippen molar-refractivity contribution in [1.29, 1.82) is 0 Å². The Bertz CT molecular complexity index is 530. The van der Waals surface area contributed by atoms with Crippen LogP contribution in [0.2, 0.25) is 0 Å². The number of piperazine rings is 1. The van der Waals surface area contributed by atoms with Crippen molar-refractivity contribution in [3.63, 3.8) is 0 Å². The van der Waals surface area contributed by atoms with Crippen molar-refractivity contribution in [2.24, 2.45) is 22.2 Å². The predicted octanol–water partition coefficient (Wildman–Crippen LogP) is 0.720. The molecule has 0 aromatic rings. The van der Waals surface area contributed by atoms with E-state index in [1.54, 1.807) is 0 Å². The first-order valence-electron chi connectivity index (χ1n) is 10.4. The highest BCUT2D eigenvalue weighted by molar-refractivity contribution is 5.80. The fraction of sp³-hybridized carbons (Fsp3) is 0.900. The second-order valence-corrected chi connectivity index (χ2v) is 9.21. The number of ether oxygens (including phenoxy) is 1. The minimum absolute atomic E-state index is 0.229. The van der Waals surface area contributed by atoms with E-state index in [2.05, 4.69) is 45.8 Å². The van der Waals surface area contributed by atoms with Gasteiger partial charge >= 0.3 is 0 Å². The molecule has 7 nitrogen and oxygen atoms in total. The lowest BCUT2D eigenvalue weighted by Gasteiger charge is -2.41. The Morgan fingerprint density at radius 2 is 1.74 bits per heavy atom. The van der Waals surface area contributed by atoms with E-state index in [0.717, 1.165) is 65.0 Å². The van der Waals surface area contributed by atoms with Crippen LogP contribution in [0.4, 0.5) is 0 Å². The zero-order chi connectivity index (χ0) is 19.4. The maximum absolute atomic E-state index is 12.7. The Balaban J connectivity index is 1.42. The van der Waals surface area contributed by atoms with E-state index in [1.165, 1.54) is 6.42 Å². The van der Waals surface area contributed by atoms with Gasteiger partial charge in [0.1, 0.15) is 0 Å². The molecule has 7 heteroatoms. The summed E-state index contributed by atoms with van der Waals surface area (Å²) in [6.45, 7) is 15.3. The van der Waals surface area contributed by atoms with Crippen LogP contribution in [-0.4, -0.2) is 99.2 Å². The number of guanidine groups is 1. The quantitative estimate of drug-likeness (QED) is 0.576. The number of aliphatic imine (C=N–C) groups is 1. The van der Waals surface area contributed by atoms with Gasteiger partial charge in [-0.05, 0) is 18.3 Å². The van der Waals surface area contributed by atoms with Crippen LogP contribution in [0.3, 0.4) is 0 Å². The molecule has 2 unspecified atom stereocenters. The van der Waals surface area contributed by atoms with Crippen LogP contribution in [0.5, 0.6) is 0 Å². The maximum Gasteiger partial charge on any atom is 0.236 e. The van der Waals surface area contributed by atoms with E-state index in [1.807, 2.05) is 7.05 Å². The number of nitrogens with one attached hydrogen (secondary N) is 1. The lowest BCUT2D eigenvalue weighted by atomic mass is 9.89. The van der Waals surface area contributed by atoms with Gasteiger partial charge in [-0.3, -0.25) is 14.7 Å². The largest absolute Gasteiger partial charge is 0.380 e. The van der Waals surface area contributed by atoms with E-state index in [0.29, 0.717) is 24.3 Å². The summed E-state index contributed by atoms with van der Waals surface area (Å²) in [6, 6.07) is 0. The smallest absolute Gasteiger partial charge is 0.236 e. The highest BCUT2D eigenvalue weighted by atomic mass is 16.5. The van der Waals surface area contributed by atoms with Crippen LogP contribution in [-0.2, 0) is 9.53 Å². The van der Waals surface area contributed by atoms with E-state index < -0.39 is 0 Å². The summed E-state index contributed by atoms with van der Waals surface area (Å²) in [5, 5.41) is 3.50. The first kappa shape index (κ1) is 20.4. The van der Waals surface area contributed by atoms with Gasteiger partial charge in [0.2, 0.25) is 5.91 Å². The summed E-state index contributed by atoms with van der Waals surface area (Å²) in [5.41, 5.74) is 0.229. The summed E-state index contributed by atoms with van der Waals surface area (Å²) in [6.07, 6.45) is 1.24. The maximum atomic E-state index is 12.7. The second kappa shape index (κ2) is 8.78. The highest BCUT2D eigenvalue weighted by Crippen LogP contribution is 2.25. The molecule has 1 N–H and O–H groups in total. The molecule has 3 saturated heterocycles. The zero-order valence-corrected chi connectivity index (χ0v) is 17.5. The molecule has 154 valence electrons. The van der Waals surface area contributed by atoms with Crippen LogP contribution in [0.15, 0.2) is 4.99 Å². The standard InChI is InChI=1S/C20H37N5O2/c1-16-9-17(2)11-25(10-16)18(26)12-23-5-7-24(8-6-23)19(21-4)22-13-20(3)14-27-15-20/h16-17H,5-15H2,1-4H3,(H,21,22). The molecule has 0 bridgehead atoms. The molecule has 3 aliphatic heterocycles. The zero-order valence-electron chi connectivity index (χ0n) is 17.5. The van der Waals surface area contributed by atoms with Gasteiger partial charge in [0.25, 0.3) is 0 Å². The number of rotatable bonds is 4. The van der Waals surface area contributed by atoms with Crippen molar-refractivity contribution in [2.75, 3.05) is 72.6 Å². The van der Waals surface area contributed by atoms with Crippen molar-refractivity contribution in [3.05, 3.63) is 0 Å². The molecule has 0 radical (unpaired) electrons. The van der Waals surface area contributed by atoms with Gasteiger partial charge < -0.3 is 19.9 Å². The number of carbonyl (C=O) groups is 1. The number of piperidine rings is 1. The van der Waals surface area contributed by atoms with Gasteiger partial charge in [-0.2, -0.15) is 0 Å². The third-order valence-corrected chi connectivity index (χ3v) is 6.04. The Kier molecular flexibility index (Phi) is 6.63. The molecular formula is C20H37N5O2. The normalized spacial score (nSPS) is 29.4. The molecule has 0 aromatic carbocycles. The van der Waals surface area contributed by atoms with E-state index in [9.17, 15) is 4.79 Å². The van der Waals surface area contributed by atoms with Crippen molar-refractivity contribution in [3.8, 4) is 0 Å². The molecule has 3 fully saturated rings. The van der Waals surface area contributed by atoms with Crippen LogP contribution in [0.25, 0.3) is 0 Å². The number of carbonyl (C=O) groups excluding carboxylic acids is 1. The van der Waals surface area contributed by atoms with Gasteiger partial charge in [-0.15, -0.1) is 0 Å². The summed E-state index contributed by atoms with van der Waals surface area (Å²) in [5.74, 6) is 2.49. The van der Waals surface area contributed by atoms with E-state index in [-0.39, 0.29) is 5.41 Å². The monoisotopic (exact) mass is 379 g/mol. The van der Waals surface area contributed by atoms with Crippen molar-refractivity contribution in [1.82, 2.24) is 20.0 Å². The Morgan fingerprint density at radius 3 is 2.26 bits per heavy atom. The topological polar surface area (TPSA) is 60.4 Å². The Hall–Kier alpha value is -1.34. The van der Waals surface area contributed by atoms with Crippen LogP contribution in [0.1, 0.15) is 27.2 Å². The second-order valence-electron chi connectivity index (χ2n) is 9.21. The molecule has 3 aliphatic rings. The van der Waals surface area contributed by atoms with Gasteiger partial charge in [-0.1, -0.05) is 20.8 Å². The predicted molar refractivity (Wildman–Crippen MR) is 108 cm³/mol. The summed E-state index contributed by atoms with van der Waals surface area (Å²) < 4.78 is 5.33. The third kappa shape index (κ3) is 5.35. The fourth-order valence-electron chi connectivity index (χ4n) is 4.45. The average molecular weight is 380 g/mol. The van der Waals surface area contributed by atoms with Crippen molar-refractivity contribution in [2.45, 2.75) is 27.2 Å². The molecule has 0 aliphatic carbocycles. The molecule has 0 saturated carbocycles. The molecule has 1 amide bonds. The number of nitrogens with zero attached hydrogens (tertiary/aromatic N) is 4. The summed E-state index contributed by atoms with van der Waals surface area (Å²) >= 11 is 0. The van der Waals surface area contributed by atoms with Gasteiger partial charge in [0.15, 0.2) is 5.96 Å². The Morgan fingerprint density at radius 1 is 1.11 bits per heavy atom. The van der Waals surface area contributed by atoms with Gasteiger partial charge in [-0.25, -0.2) is 0 Å². The minimum Gasteiger partial charge on any atom is -0.380 e. The van der Waals surface area contributed by atoms with Crippen LogP contribution >= 0.6 is 0 Å². The average Bonchev–Trinajstić information content (AvgIpc) is 2.61. The van der Waals surface area contributed by atoms with Crippen LogP contribution < -0.4 is 5.32 Å². The summed E-state index contributed by atoms with van der Waals surface area (Å²) in [7, 11) is 1.84. The van der Waals surface area contributed by atoms with E-state index >= 15 is 0 Å². The molecule has 3 heterocycles. The van der Waals surface area contributed by atoms with Gasteiger partial charge in [0, 0.05) is 58.3 Å². The van der Waals surface area contributed by atoms with Crippen molar-refractivity contribution < 1.29 is 9.53 Å². The SMILES string of the molecule is CN=C(NCC1(C)COC1)N1CCN(CC(=O)N2CC(C)CC(C)C2)CC1. The lowest BCUT2D eigenvalue weighted by Crippen LogP contribution is -2.57. The summed E-state index contributed by atoms with van der Waals surface area (Å²) in [4.78, 5) is 23.8. The van der Waals surface area contributed by atoms with Crippen LogP contribution in [0, 0.1) is 17.3 Å². The van der Waals surface area contributed by atoms with E-state index in [4.69, 9.17) is 4.74 Å². The Labute approximate surface area is 164 Å². The molecule has 27 heavy (non-hydrogen) atoms.